The van der Waals surface area contributed by atoms with E-state index in [0.29, 0.717) is 0 Å². The first-order valence-corrected chi connectivity index (χ1v) is 10.2. The normalized spacial score (nSPS) is 11.6. The van der Waals surface area contributed by atoms with Crippen molar-refractivity contribution < 1.29 is 12.8 Å². The maximum Gasteiger partial charge on any atom is 0.271 e. The van der Waals surface area contributed by atoms with Crippen LogP contribution in [0.5, 0.6) is 0 Å². The molecule has 0 aliphatic rings. The van der Waals surface area contributed by atoms with Gasteiger partial charge in [-0.1, -0.05) is 13.0 Å². The van der Waals surface area contributed by atoms with Crippen LogP contribution in [0.2, 0.25) is 0 Å². The van der Waals surface area contributed by atoms with Crippen LogP contribution in [0.3, 0.4) is 0 Å². The Labute approximate surface area is 150 Å². The molecule has 0 bridgehead atoms. The van der Waals surface area contributed by atoms with E-state index in [0.717, 1.165) is 41.1 Å². The number of hydrogen-bond acceptors (Lipinski definition) is 4. The van der Waals surface area contributed by atoms with Gasteiger partial charge in [-0.25, -0.2) is 12.8 Å². The van der Waals surface area contributed by atoms with Gasteiger partial charge in [0.25, 0.3) is 10.0 Å². The summed E-state index contributed by atoms with van der Waals surface area (Å²) in [5.74, 6) is -0.596. The van der Waals surface area contributed by atoms with Crippen LogP contribution in [0.4, 0.5) is 10.1 Å². The van der Waals surface area contributed by atoms with Crippen molar-refractivity contribution in [2.45, 2.75) is 31.0 Å². The van der Waals surface area contributed by atoms with Gasteiger partial charge in [0.1, 0.15) is 10.0 Å². The topological polar surface area (TPSA) is 64.0 Å². The summed E-state index contributed by atoms with van der Waals surface area (Å²) in [5.41, 5.74) is 2.31. The van der Waals surface area contributed by atoms with Gasteiger partial charge in [0.2, 0.25) is 0 Å². The first kappa shape index (κ1) is 17.6. The molecule has 0 fully saturated rings. The van der Waals surface area contributed by atoms with Gasteiger partial charge in [-0.05, 0) is 43.2 Å². The Morgan fingerprint density at radius 1 is 1.28 bits per heavy atom. The average molecular weight is 379 g/mol. The summed E-state index contributed by atoms with van der Waals surface area (Å²) in [6.45, 7) is 4.55. The molecule has 0 saturated heterocycles. The van der Waals surface area contributed by atoms with E-state index in [-0.39, 0.29) is 9.90 Å². The van der Waals surface area contributed by atoms with Gasteiger partial charge in [0.05, 0.1) is 11.4 Å². The van der Waals surface area contributed by atoms with Crippen molar-refractivity contribution >= 4 is 27.0 Å². The van der Waals surface area contributed by atoms with Crippen molar-refractivity contribution in [1.29, 1.82) is 0 Å². The van der Waals surface area contributed by atoms with Crippen LogP contribution in [0.1, 0.15) is 18.9 Å². The molecule has 2 heterocycles. The average Bonchev–Trinajstić information content (AvgIpc) is 3.19. The molecule has 3 aromatic rings. The third kappa shape index (κ3) is 3.74. The number of nitrogens with one attached hydrogen (secondary N) is 1. The molecular formula is C17H18FN3O2S2. The fourth-order valence-electron chi connectivity index (χ4n) is 2.46. The van der Waals surface area contributed by atoms with Gasteiger partial charge in [-0.3, -0.25) is 9.40 Å². The molecular weight excluding hydrogens is 361 g/mol. The molecule has 0 radical (unpaired) electrons. The highest BCUT2D eigenvalue weighted by Gasteiger charge is 2.20. The monoisotopic (exact) mass is 379 g/mol. The van der Waals surface area contributed by atoms with E-state index >= 15 is 0 Å². The SMILES string of the molecule is CCCn1nccc1-c1csc(S(=O)(=O)Nc2ccc(C)cc2F)c1. The number of anilines is 1. The van der Waals surface area contributed by atoms with Crippen LogP contribution in [0.15, 0.2) is 46.1 Å². The highest BCUT2D eigenvalue weighted by Crippen LogP contribution is 2.30. The minimum Gasteiger partial charge on any atom is -0.276 e. The largest absolute Gasteiger partial charge is 0.276 e. The third-order valence-electron chi connectivity index (χ3n) is 3.66. The molecule has 8 heteroatoms. The molecule has 25 heavy (non-hydrogen) atoms. The summed E-state index contributed by atoms with van der Waals surface area (Å²) in [4.78, 5) is 0. The molecule has 0 atom stereocenters. The molecule has 1 aromatic carbocycles. The predicted molar refractivity (Wildman–Crippen MR) is 97.8 cm³/mol. The Morgan fingerprint density at radius 2 is 2.08 bits per heavy atom. The van der Waals surface area contributed by atoms with Crippen molar-refractivity contribution in [3.8, 4) is 11.3 Å². The fourth-order valence-corrected chi connectivity index (χ4v) is 4.70. The zero-order chi connectivity index (χ0) is 18.0. The van der Waals surface area contributed by atoms with Crippen LogP contribution in [0, 0.1) is 12.7 Å². The molecule has 132 valence electrons. The van der Waals surface area contributed by atoms with Crippen LogP contribution < -0.4 is 4.72 Å². The molecule has 3 rings (SSSR count). The number of hydrogen-bond donors (Lipinski definition) is 1. The lowest BCUT2D eigenvalue weighted by atomic mass is 10.2. The van der Waals surface area contributed by atoms with E-state index in [9.17, 15) is 12.8 Å². The molecule has 2 aromatic heterocycles. The van der Waals surface area contributed by atoms with Crippen LogP contribution >= 0.6 is 11.3 Å². The van der Waals surface area contributed by atoms with Gasteiger partial charge in [0.15, 0.2) is 0 Å². The van der Waals surface area contributed by atoms with Crippen LogP contribution in [0.25, 0.3) is 11.3 Å². The van der Waals surface area contributed by atoms with Crippen molar-refractivity contribution in [3.05, 3.63) is 53.3 Å². The predicted octanol–water partition coefficient (Wildman–Crippen LogP) is 4.27. The minimum absolute atomic E-state index is 0.0587. The number of thiophene rings is 1. The lowest BCUT2D eigenvalue weighted by molar-refractivity contribution is 0.600. The van der Waals surface area contributed by atoms with E-state index in [2.05, 4.69) is 16.7 Å². The van der Waals surface area contributed by atoms with E-state index in [1.807, 2.05) is 10.7 Å². The number of halogens is 1. The molecule has 1 N–H and O–H groups in total. The van der Waals surface area contributed by atoms with Gasteiger partial charge in [-0.2, -0.15) is 5.10 Å². The van der Waals surface area contributed by atoms with Gasteiger partial charge in [-0.15, -0.1) is 11.3 Å². The third-order valence-corrected chi connectivity index (χ3v) is 6.46. The zero-order valence-electron chi connectivity index (χ0n) is 13.9. The summed E-state index contributed by atoms with van der Waals surface area (Å²) in [6.07, 6.45) is 2.62. The maximum absolute atomic E-state index is 13.9. The Kier molecular flexibility index (Phi) is 4.91. The summed E-state index contributed by atoms with van der Waals surface area (Å²) in [7, 11) is -3.85. The smallest absolute Gasteiger partial charge is 0.271 e. The fraction of sp³-hybridized carbons (Fsp3) is 0.235. The lowest BCUT2D eigenvalue weighted by Gasteiger charge is -2.08. The zero-order valence-corrected chi connectivity index (χ0v) is 15.5. The van der Waals surface area contributed by atoms with Crippen molar-refractivity contribution in [1.82, 2.24) is 9.78 Å². The van der Waals surface area contributed by atoms with Gasteiger partial charge >= 0.3 is 0 Å². The standard InChI is InChI=1S/C17H18FN3O2S2/c1-3-8-21-16(6-7-19-21)13-10-17(24-11-13)25(22,23)20-15-5-4-12(2)9-14(15)18/h4-7,9-11,20H,3,8H2,1-2H3. The first-order valence-electron chi connectivity index (χ1n) is 7.80. The molecule has 0 saturated carbocycles. The number of rotatable bonds is 6. The number of benzene rings is 1. The first-order chi connectivity index (χ1) is 11.9. The van der Waals surface area contributed by atoms with Crippen molar-refractivity contribution in [2.24, 2.45) is 0 Å². The maximum atomic E-state index is 13.9. The second-order valence-electron chi connectivity index (χ2n) is 5.68. The van der Waals surface area contributed by atoms with E-state index < -0.39 is 15.8 Å². The minimum atomic E-state index is -3.85. The van der Waals surface area contributed by atoms with Crippen LogP contribution in [-0.2, 0) is 16.6 Å². The van der Waals surface area contributed by atoms with Gasteiger partial charge in [0, 0.05) is 23.7 Å². The van der Waals surface area contributed by atoms with E-state index in [1.165, 1.54) is 12.1 Å². The van der Waals surface area contributed by atoms with Crippen LogP contribution in [-0.4, -0.2) is 18.2 Å². The molecule has 0 unspecified atom stereocenters. The Bertz CT molecular complexity index is 993. The number of aryl methyl sites for hydroxylation is 2. The highest BCUT2D eigenvalue weighted by atomic mass is 32.2. The van der Waals surface area contributed by atoms with Crippen molar-refractivity contribution in [2.75, 3.05) is 4.72 Å². The highest BCUT2D eigenvalue weighted by molar-refractivity contribution is 7.94. The molecule has 0 aliphatic carbocycles. The summed E-state index contributed by atoms with van der Waals surface area (Å²) in [6, 6.07) is 7.81. The van der Waals surface area contributed by atoms with Crippen molar-refractivity contribution in [3.63, 3.8) is 0 Å². The lowest BCUT2D eigenvalue weighted by Crippen LogP contribution is -2.12. The molecule has 5 nitrogen and oxygen atoms in total. The molecule has 0 spiro atoms. The number of sulfonamides is 1. The number of aromatic nitrogens is 2. The quantitative estimate of drug-likeness (QED) is 0.696. The Morgan fingerprint density at radius 3 is 2.80 bits per heavy atom. The second-order valence-corrected chi connectivity index (χ2v) is 8.50. The summed E-state index contributed by atoms with van der Waals surface area (Å²) < 4.78 is 43.3. The van der Waals surface area contributed by atoms with Gasteiger partial charge < -0.3 is 0 Å². The Balaban J connectivity index is 1.89. The summed E-state index contributed by atoms with van der Waals surface area (Å²) >= 11 is 1.10. The molecule has 0 amide bonds. The molecule has 0 aliphatic heterocycles. The summed E-state index contributed by atoms with van der Waals surface area (Å²) in [5, 5.41) is 6.02. The second kappa shape index (κ2) is 6.97. The van der Waals surface area contributed by atoms with E-state index in [1.54, 1.807) is 30.6 Å². The number of nitrogens with zero attached hydrogens (tertiary/aromatic N) is 2. The Hall–Kier alpha value is -2.19. The van der Waals surface area contributed by atoms with E-state index in [4.69, 9.17) is 0 Å².